The zero-order chi connectivity index (χ0) is 24.4. The second kappa shape index (κ2) is 9.55. The molecule has 11 nitrogen and oxygen atoms in total. The zero-order valence-corrected chi connectivity index (χ0v) is 19.0. The van der Waals surface area contributed by atoms with Crippen molar-refractivity contribution in [3.63, 3.8) is 0 Å². The Hall–Kier alpha value is -4.25. The van der Waals surface area contributed by atoms with Crippen molar-refractivity contribution in [3.8, 4) is 5.75 Å². The van der Waals surface area contributed by atoms with Crippen LogP contribution in [0.5, 0.6) is 5.75 Å². The predicted molar refractivity (Wildman–Crippen MR) is 132 cm³/mol. The highest BCUT2D eigenvalue weighted by Crippen LogP contribution is 2.31. The van der Waals surface area contributed by atoms with E-state index in [2.05, 4.69) is 30.2 Å². The van der Waals surface area contributed by atoms with Gasteiger partial charge in [-0.25, -0.2) is 15.0 Å². The van der Waals surface area contributed by atoms with Crippen LogP contribution < -0.4 is 26.4 Å². The van der Waals surface area contributed by atoms with Gasteiger partial charge < -0.3 is 31.4 Å². The number of hydrogen-bond donors (Lipinski definition) is 4. The standard InChI is InChI=1S/C24H26N8O3/c25-18(10-20(26)33)24(34)31-15-7-6-14-3-1-5-19(17(14)9-15)35-11-16-4-2-8-32(16)23-21-22(28-12-27-21)29-13-30-23/h1,3,5-7,9,12-13,16,18H,2,4,8,10-11,25H2,(H2,26,33)(H,31,34)(H,27,28,29,30)/t16-,18?/m1/s1. The topological polar surface area (TPSA) is 165 Å². The first-order chi connectivity index (χ1) is 17.0. The molecule has 1 aliphatic rings. The molecule has 0 bridgehead atoms. The maximum Gasteiger partial charge on any atom is 0.241 e. The Bertz CT molecular complexity index is 1390. The van der Waals surface area contributed by atoms with Crippen LogP contribution in [-0.2, 0) is 9.59 Å². The third-order valence-electron chi connectivity index (χ3n) is 6.15. The van der Waals surface area contributed by atoms with Gasteiger partial charge in [0.15, 0.2) is 11.5 Å². The van der Waals surface area contributed by atoms with Crippen molar-refractivity contribution in [3.05, 3.63) is 49.1 Å². The molecule has 5 rings (SSSR count). The molecule has 2 aromatic heterocycles. The Kier molecular flexibility index (Phi) is 6.15. The van der Waals surface area contributed by atoms with Crippen molar-refractivity contribution in [2.24, 2.45) is 11.5 Å². The largest absolute Gasteiger partial charge is 0.491 e. The molecule has 0 aliphatic carbocycles. The molecule has 2 atom stereocenters. The molecule has 180 valence electrons. The fourth-order valence-electron chi connectivity index (χ4n) is 4.43. The van der Waals surface area contributed by atoms with Crippen LogP contribution in [0.3, 0.4) is 0 Å². The van der Waals surface area contributed by atoms with E-state index in [0.717, 1.165) is 41.5 Å². The summed E-state index contributed by atoms with van der Waals surface area (Å²) in [4.78, 5) is 41.7. The third kappa shape index (κ3) is 4.71. The first-order valence-electron chi connectivity index (χ1n) is 11.4. The van der Waals surface area contributed by atoms with Crippen molar-refractivity contribution in [1.82, 2.24) is 19.9 Å². The van der Waals surface area contributed by atoms with Gasteiger partial charge in [-0.3, -0.25) is 9.59 Å². The molecule has 4 aromatic rings. The number of H-pyrrole nitrogens is 1. The van der Waals surface area contributed by atoms with E-state index in [1.54, 1.807) is 18.7 Å². The number of primary amides is 1. The number of nitrogens with two attached hydrogens (primary N) is 2. The van der Waals surface area contributed by atoms with E-state index in [0.29, 0.717) is 23.7 Å². The van der Waals surface area contributed by atoms with Crippen molar-refractivity contribution < 1.29 is 14.3 Å². The van der Waals surface area contributed by atoms with E-state index < -0.39 is 17.9 Å². The van der Waals surface area contributed by atoms with E-state index in [1.807, 2.05) is 30.3 Å². The number of nitrogens with one attached hydrogen (secondary N) is 2. The highest BCUT2D eigenvalue weighted by atomic mass is 16.5. The normalized spacial score (nSPS) is 16.5. The van der Waals surface area contributed by atoms with Gasteiger partial charge in [-0.15, -0.1) is 0 Å². The van der Waals surface area contributed by atoms with Crippen molar-refractivity contribution in [2.75, 3.05) is 23.4 Å². The molecular weight excluding hydrogens is 448 g/mol. The van der Waals surface area contributed by atoms with Crippen LogP contribution in [0.15, 0.2) is 49.1 Å². The number of carbonyl (C=O) groups is 2. The number of fused-ring (bicyclic) bond motifs is 2. The molecule has 1 saturated heterocycles. The minimum Gasteiger partial charge on any atom is -0.491 e. The Morgan fingerprint density at radius 1 is 1.23 bits per heavy atom. The molecule has 1 unspecified atom stereocenters. The first-order valence-corrected chi connectivity index (χ1v) is 11.4. The Labute approximate surface area is 200 Å². The van der Waals surface area contributed by atoms with Gasteiger partial charge in [-0.05, 0) is 36.4 Å². The highest BCUT2D eigenvalue weighted by molar-refractivity contribution is 6.00. The number of rotatable bonds is 8. The molecule has 0 spiro atoms. The molecule has 2 aromatic carbocycles. The Morgan fingerprint density at radius 3 is 2.97 bits per heavy atom. The minimum atomic E-state index is -1.01. The van der Waals surface area contributed by atoms with Gasteiger partial charge in [-0.1, -0.05) is 18.2 Å². The summed E-state index contributed by atoms with van der Waals surface area (Å²) >= 11 is 0. The van der Waals surface area contributed by atoms with Crippen molar-refractivity contribution >= 4 is 45.3 Å². The Morgan fingerprint density at radius 2 is 2.11 bits per heavy atom. The lowest BCUT2D eigenvalue weighted by atomic mass is 10.1. The Balaban J connectivity index is 1.33. The molecule has 1 fully saturated rings. The number of nitrogens with zero attached hydrogens (tertiary/aromatic N) is 4. The maximum atomic E-state index is 12.3. The number of anilines is 2. The number of hydrogen-bond acceptors (Lipinski definition) is 8. The van der Waals surface area contributed by atoms with E-state index in [-0.39, 0.29) is 12.5 Å². The maximum absolute atomic E-state index is 12.3. The van der Waals surface area contributed by atoms with E-state index in [9.17, 15) is 9.59 Å². The van der Waals surface area contributed by atoms with E-state index in [4.69, 9.17) is 16.2 Å². The number of carbonyl (C=O) groups excluding carboxylic acids is 2. The van der Waals surface area contributed by atoms with Crippen LogP contribution in [0.25, 0.3) is 21.9 Å². The first kappa shape index (κ1) is 22.5. The van der Waals surface area contributed by atoms with Gasteiger partial charge >= 0.3 is 0 Å². The fourth-order valence-corrected chi connectivity index (χ4v) is 4.43. The molecule has 1 aliphatic heterocycles. The number of aromatic amines is 1. The summed E-state index contributed by atoms with van der Waals surface area (Å²) in [6, 6.07) is 10.5. The van der Waals surface area contributed by atoms with Crippen molar-refractivity contribution in [2.45, 2.75) is 31.3 Å². The summed E-state index contributed by atoms with van der Waals surface area (Å²) in [5.74, 6) is 0.410. The predicted octanol–water partition coefficient (Wildman–Crippen LogP) is 1.70. The molecule has 3 heterocycles. The molecule has 2 amide bonds. The number of aromatic nitrogens is 4. The SMILES string of the molecule is NC(=O)CC(N)C(=O)Nc1ccc2cccc(OC[C@H]3CCCN3c3ncnc4[nH]cnc34)c2c1. The fraction of sp³-hybridized carbons (Fsp3) is 0.292. The molecule has 11 heteroatoms. The van der Waals surface area contributed by atoms with E-state index in [1.165, 1.54) is 0 Å². The number of imidazole rings is 1. The number of ether oxygens (including phenoxy) is 1. The monoisotopic (exact) mass is 474 g/mol. The molecule has 35 heavy (non-hydrogen) atoms. The molecule has 6 N–H and O–H groups in total. The quantitative estimate of drug-likeness (QED) is 0.299. The molecule has 0 radical (unpaired) electrons. The highest BCUT2D eigenvalue weighted by Gasteiger charge is 2.28. The third-order valence-corrected chi connectivity index (χ3v) is 6.15. The summed E-state index contributed by atoms with van der Waals surface area (Å²) in [6.45, 7) is 1.33. The number of amides is 2. The number of benzene rings is 2. The van der Waals surface area contributed by atoms with Crippen molar-refractivity contribution in [1.29, 1.82) is 0 Å². The van der Waals surface area contributed by atoms with Gasteiger partial charge in [0, 0.05) is 17.6 Å². The van der Waals surface area contributed by atoms with E-state index >= 15 is 0 Å². The van der Waals surface area contributed by atoms with Crippen LogP contribution >= 0.6 is 0 Å². The summed E-state index contributed by atoms with van der Waals surface area (Å²) in [5.41, 5.74) is 12.9. The second-order valence-electron chi connectivity index (χ2n) is 8.56. The van der Waals surface area contributed by atoms with Crippen LogP contribution in [-0.4, -0.2) is 57.0 Å². The smallest absolute Gasteiger partial charge is 0.241 e. The summed E-state index contributed by atoms with van der Waals surface area (Å²) < 4.78 is 6.30. The zero-order valence-electron chi connectivity index (χ0n) is 19.0. The van der Waals surface area contributed by atoms with Gasteiger partial charge in [0.1, 0.15) is 24.2 Å². The van der Waals surface area contributed by atoms with Crippen LogP contribution in [0.1, 0.15) is 19.3 Å². The van der Waals surface area contributed by atoms with Gasteiger partial charge in [0.25, 0.3) is 0 Å². The molecule has 0 saturated carbocycles. The summed E-state index contributed by atoms with van der Waals surface area (Å²) in [6.07, 6.45) is 4.95. The average molecular weight is 475 g/mol. The summed E-state index contributed by atoms with van der Waals surface area (Å²) in [7, 11) is 0. The van der Waals surface area contributed by atoms with Crippen LogP contribution in [0, 0.1) is 0 Å². The lowest BCUT2D eigenvalue weighted by Gasteiger charge is -2.26. The summed E-state index contributed by atoms with van der Waals surface area (Å²) in [5, 5.41) is 4.58. The molecular formula is C24H26N8O3. The van der Waals surface area contributed by atoms with Crippen LogP contribution in [0.2, 0.25) is 0 Å². The lowest BCUT2D eigenvalue weighted by molar-refractivity contribution is -0.123. The second-order valence-corrected chi connectivity index (χ2v) is 8.56. The van der Waals surface area contributed by atoms with Gasteiger partial charge in [0.05, 0.1) is 24.8 Å². The van der Waals surface area contributed by atoms with Gasteiger partial charge in [-0.2, -0.15) is 0 Å². The lowest BCUT2D eigenvalue weighted by Crippen LogP contribution is -2.38. The average Bonchev–Trinajstić information content (AvgIpc) is 3.51. The minimum absolute atomic E-state index is 0.134. The van der Waals surface area contributed by atoms with Crippen LogP contribution in [0.4, 0.5) is 11.5 Å². The van der Waals surface area contributed by atoms with Gasteiger partial charge in [0.2, 0.25) is 11.8 Å².